The van der Waals surface area contributed by atoms with E-state index in [9.17, 15) is 0 Å². The van der Waals surface area contributed by atoms with Gasteiger partial charge in [0, 0.05) is 0 Å². The molecule has 0 unspecified atom stereocenters. The van der Waals surface area contributed by atoms with E-state index < -0.39 is 0 Å². The van der Waals surface area contributed by atoms with Crippen LogP contribution in [0, 0.1) is 71.0 Å². The van der Waals surface area contributed by atoms with Gasteiger partial charge in [0.1, 0.15) is 0 Å². The van der Waals surface area contributed by atoms with E-state index >= 15 is 0 Å². The normalized spacial score (nSPS) is 1.14. The first kappa shape index (κ1) is 57.3. The quantitative estimate of drug-likeness (QED) is 0.458. The van der Waals surface area contributed by atoms with Crippen LogP contribution in [-0.2, 0) is 13.1 Å². The number of hydrogen-bond donors (Lipinski definition) is 0. The fourth-order valence-corrected chi connectivity index (χ4v) is 0. The number of hydrogen-bond acceptors (Lipinski definition) is 6. The maximum atomic E-state index is 6.25. The average molecular weight is 282 g/mol. The predicted octanol–water partition coefficient (Wildman–Crippen LogP) is 0.195. The van der Waals surface area contributed by atoms with Crippen molar-refractivity contribution in [3.05, 3.63) is 39.4 Å². The molecule has 0 rings (SSSR count). The van der Waals surface area contributed by atoms with Crippen LogP contribution in [0.15, 0.2) is 0 Å². The second-order valence-electron chi connectivity index (χ2n) is 0. The molecule has 0 aromatic rings. The molecular weight excluding hydrogens is 282 g/mol. The Hall–Kier alpha value is -1.90. The van der Waals surface area contributed by atoms with Gasteiger partial charge in [-0.05, 0) is 0 Å². The van der Waals surface area contributed by atoms with Crippen molar-refractivity contribution in [1.29, 1.82) is 31.6 Å². The third-order valence-electron chi connectivity index (χ3n) is 0. The van der Waals surface area contributed by atoms with E-state index in [0.29, 0.717) is 0 Å². The van der Waals surface area contributed by atoms with E-state index in [1.807, 2.05) is 0 Å². The SMILES string of the molecule is [C-]#N.[C-]#N.[C-]#N.[C-]#N.[C-]#N.[C-]#N.[Fe]=[Ga]. The van der Waals surface area contributed by atoms with Gasteiger partial charge in [-0.25, -0.2) is 0 Å². The summed E-state index contributed by atoms with van der Waals surface area (Å²) in [5.41, 5.74) is 0. The summed E-state index contributed by atoms with van der Waals surface area (Å²) in [7, 11) is 0. The first-order valence-electron chi connectivity index (χ1n) is 1.55. The molecule has 0 aliphatic heterocycles. The average Bonchev–Trinajstić information content (AvgIpc) is 2.45. The molecule has 1 radical (unpaired) electrons. The molecule has 0 aliphatic carbocycles. The van der Waals surface area contributed by atoms with E-state index in [2.05, 4.69) is 13.1 Å². The van der Waals surface area contributed by atoms with Crippen LogP contribution >= 0.6 is 0 Å². The summed E-state index contributed by atoms with van der Waals surface area (Å²) >= 11 is 4.75. The molecular formula is C6FeGaN6-6. The van der Waals surface area contributed by atoms with Crippen LogP contribution in [0.2, 0.25) is 0 Å². The van der Waals surface area contributed by atoms with Crippen molar-refractivity contribution < 1.29 is 13.1 Å². The van der Waals surface area contributed by atoms with Crippen molar-refractivity contribution in [1.82, 2.24) is 0 Å². The Bertz CT molecular complexity index is 109. The molecule has 0 aliphatic rings. The van der Waals surface area contributed by atoms with E-state index in [-0.39, 0.29) is 0 Å². The van der Waals surface area contributed by atoms with Crippen molar-refractivity contribution in [2.24, 2.45) is 0 Å². The molecule has 6 nitrogen and oxygen atoms in total. The Morgan fingerprint density at radius 3 is 0.429 bits per heavy atom. The van der Waals surface area contributed by atoms with Gasteiger partial charge >= 0.3 is 29.1 Å². The third kappa shape index (κ3) is 230. The minimum absolute atomic E-state index is 1.44. The van der Waals surface area contributed by atoms with Crippen LogP contribution in [-0.4, -0.2) is 16.0 Å². The fraction of sp³-hybridized carbons (Fsp3) is 0. The van der Waals surface area contributed by atoms with Crippen molar-refractivity contribution in [2.45, 2.75) is 0 Å². The van der Waals surface area contributed by atoms with Crippen molar-refractivity contribution in [3.63, 3.8) is 0 Å². The minimum atomic E-state index is 1.44. The summed E-state index contributed by atoms with van der Waals surface area (Å²) in [6.07, 6.45) is 0. The molecule has 0 fully saturated rings. The van der Waals surface area contributed by atoms with Gasteiger partial charge in [-0.2, -0.15) is 0 Å². The van der Waals surface area contributed by atoms with Crippen LogP contribution in [0.3, 0.4) is 0 Å². The molecule has 14 heavy (non-hydrogen) atoms. The summed E-state index contributed by atoms with van der Waals surface area (Å²) in [4.78, 5) is 0. The molecule has 0 atom stereocenters. The topological polar surface area (TPSA) is 143 Å². The maximum absolute atomic E-state index is 6.25. The monoisotopic (exact) mass is 281 g/mol. The second kappa shape index (κ2) is 312. The Balaban J connectivity index is -0.00000000817. The molecule has 0 heterocycles. The van der Waals surface area contributed by atoms with E-state index in [1.54, 1.807) is 0 Å². The Kier molecular flexibility index (Phi) is 1280. The van der Waals surface area contributed by atoms with Crippen molar-refractivity contribution in [2.75, 3.05) is 0 Å². The van der Waals surface area contributed by atoms with Gasteiger partial charge in [0.2, 0.25) is 0 Å². The summed E-state index contributed by atoms with van der Waals surface area (Å²) in [6.45, 7) is 28.5. The van der Waals surface area contributed by atoms with E-state index in [0.717, 1.165) is 0 Å². The Morgan fingerprint density at radius 2 is 0.429 bits per heavy atom. The zero-order chi connectivity index (χ0) is 14.0. The van der Waals surface area contributed by atoms with Gasteiger partial charge in [0.05, 0.1) is 0 Å². The number of nitrogens with zero attached hydrogens (tertiary/aromatic N) is 6. The molecule has 0 spiro atoms. The van der Waals surface area contributed by atoms with Crippen LogP contribution in [0.25, 0.3) is 0 Å². The van der Waals surface area contributed by atoms with Crippen molar-refractivity contribution >= 4 is 16.0 Å². The van der Waals surface area contributed by atoms with Gasteiger partial charge in [0.25, 0.3) is 0 Å². The molecule has 0 amide bonds. The van der Waals surface area contributed by atoms with Gasteiger partial charge in [0.15, 0.2) is 0 Å². The zero-order valence-corrected chi connectivity index (χ0v) is 10.1. The molecule has 8 heteroatoms. The third-order valence-corrected chi connectivity index (χ3v) is 0. The predicted molar refractivity (Wildman–Crippen MR) is 35.6 cm³/mol. The summed E-state index contributed by atoms with van der Waals surface area (Å²) in [5, 5.41) is 37.5. The fourth-order valence-electron chi connectivity index (χ4n) is 0. The first-order chi connectivity index (χ1) is 7.00. The molecule has 71 valence electrons. The zero-order valence-electron chi connectivity index (χ0n) is 6.61. The van der Waals surface area contributed by atoms with Crippen LogP contribution < -0.4 is 0 Å². The molecule has 0 aromatic heterocycles. The molecule has 0 bridgehead atoms. The molecule has 0 saturated carbocycles. The van der Waals surface area contributed by atoms with Gasteiger partial charge in [-0.3, -0.25) is 0 Å². The number of rotatable bonds is 0. The molecule has 0 aromatic carbocycles. The van der Waals surface area contributed by atoms with Crippen molar-refractivity contribution in [3.8, 4) is 0 Å². The standard InChI is InChI=1S/6CN.Fe.Ga/c6*1-2;;/q6*-1;;. The summed E-state index contributed by atoms with van der Waals surface area (Å²) < 4.78 is 0. The molecule has 0 N–H and O–H groups in total. The molecule has 0 saturated heterocycles. The summed E-state index contributed by atoms with van der Waals surface area (Å²) in [6, 6.07) is 0. The van der Waals surface area contributed by atoms with Gasteiger partial charge in [-0.15, -0.1) is 0 Å². The van der Waals surface area contributed by atoms with Crippen LogP contribution in [0.1, 0.15) is 0 Å². The second-order valence-corrected chi connectivity index (χ2v) is 0. The Morgan fingerprint density at radius 1 is 0.429 bits per heavy atom. The first-order valence-corrected chi connectivity index (χ1v) is 5.71. The summed E-state index contributed by atoms with van der Waals surface area (Å²) in [5.74, 6) is 0. The van der Waals surface area contributed by atoms with E-state index in [4.69, 9.17) is 71.0 Å². The van der Waals surface area contributed by atoms with Crippen LogP contribution in [0.5, 0.6) is 0 Å². The van der Waals surface area contributed by atoms with Gasteiger partial charge in [-0.1, -0.05) is 0 Å². The van der Waals surface area contributed by atoms with E-state index in [1.165, 1.54) is 16.0 Å². The Labute approximate surface area is 100.0 Å². The van der Waals surface area contributed by atoms with Crippen LogP contribution in [0.4, 0.5) is 0 Å². The van der Waals surface area contributed by atoms with Gasteiger partial charge < -0.3 is 71.0 Å².